The molecule has 2 heterocycles. The summed E-state index contributed by atoms with van der Waals surface area (Å²) in [6, 6.07) is 4.33. The minimum Gasteiger partial charge on any atom is -0.419 e. The number of halogens is 1. The Labute approximate surface area is 162 Å². The second-order valence-electron chi connectivity index (χ2n) is 7.24. The topological polar surface area (TPSA) is 101 Å². The van der Waals surface area contributed by atoms with Gasteiger partial charge in [-0.05, 0) is 51.3 Å². The largest absolute Gasteiger partial charge is 0.419 e. The molecule has 1 fully saturated rings. The summed E-state index contributed by atoms with van der Waals surface area (Å²) in [4.78, 5) is 3.07. The Morgan fingerprint density at radius 2 is 1.96 bits per heavy atom. The Morgan fingerprint density at radius 3 is 2.61 bits per heavy atom. The number of benzene rings is 1. The molecule has 0 radical (unpaired) electrons. The number of hydrogen-bond acceptors (Lipinski definition) is 5. The smallest absolute Gasteiger partial charge is 0.264 e. The fourth-order valence-corrected chi connectivity index (χ4v) is 4.92. The minimum absolute atomic E-state index is 0.0471. The van der Waals surface area contributed by atoms with Gasteiger partial charge in [0.05, 0.1) is 5.69 Å². The molecular weight excluding hydrogens is 383 g/mol. The Kier molecular flexibility index (Phi) is 4.49. The summed E-state index contributed by atoms with van der Waals surface area (Å²) in [6.07, 6.45) is 3.19. The van der Waals surface area contributed by atoms with Gasteiger partial charge in [-0.3, -0.25) is 4.72 Å². The number of H-pyrrole nitrogens is 1. The van der Waals surface area contributed by atoms with E-state index in [4.69, 9.17) is 4.42 Å². The van der Waals surface area contributed by atoms with Crippen molar-refractivity contribution < 1.29 is 17.2 Å². The van der Waals surface area contributed by atoms with Crippen LogP contribution in [-0.2, 0) is 10.0 Å². The molecule has 0 atom stereocenters. The maximum atomic E-state index is 14.1. The summed E-state index contributed by atoms with van der Waals surface area (Å²) < 4.78 is 48.1. The lowest BCUT2D eigenvalue weighted by Crippen LogP contribution is -2.15. The molecule has 1 aliphatic rings. The molecular formula is C19H21FN4O3S. The van der Waals surface area contributed by atoms with Crippen molar-refractivity contribution >= 4 is 15.7 Å². The van der Waals surface area contributed by atoms with Crippen LogP contribution in [0, 0.1) is 26.6 Å². The van der Waals surface area contributed by atoms with Gasteiger partial charge in [-0.1, -0.05) is 12.5 Å². The van der Waals surface area contributed by atoms with Gasteiger partial charge in [-0.15, -0.1) is 10.2 Å². The lowest BCUT2D eigenvalue weighted by Gasteiger charge is -2.20. The van der Waals surface area contributed by atoms with Gasteiger partial charge in [0.2, 0.25) is 5.89 Å². The average Bonchev–Trinajstić information content (AvgIpc) is 3.13. The van der Waals surface area contributed by atoms with Crippen LogP contribution >= 0.6 is 0 Å². The second kappa shape index (κ2) is 6.73. The molecule has 2 N–H and O–H groups in total. The summed E-state index contributed by atoms with van der Waals surface area (Å²) in [5, 5.41) is 8.16. The van der Waals surface area contributed by atoms with E-state index in [2.05, 4.69) is 19.9 Å². The molecule has 7 nitrogen and oxygen atoms in total. The standard InChI is InChI=1S/C19H21FN4O3S/c1-10-7-8-15(14(20)9-10)24-28(25,26)17-11(2)16(21-12(17)3)19-23-22-18(27-19)13-5-4-6-13/h7-9,13,21,24H,4-6H2,1-3H3. The van der Waals surface area contributed by atoms with Crippen LogP contribution in [0.3, 0.4) is 0 Å². The van der Waals surface area contributed by atoms with E-state index in [1.165, 1.54) is 12.1 Å². The average molecular weight is 404 g/mol. The minimum atomic E-state index is -4.01. The fourth-order valence-electron chi connectivity index (χ4n) is 3.40. The highest BCUT2D eigenvalue weighted by Crippen LogP contribution is 2.37. The number of rotatable bonds is 5. The number of aromatic nitrogens is 3. The van der Waals surface area contributed by atoms with Gasteiger partial charge in [0.25, 0.3) is 15.9 Å². The maximum absolute atomic E-state index is 14.1. The molecule has 0 unspecified atom stereocenters. The zero-order valence-corrected chi connectivity index (χ0v) is 16.7. The molecule has 148 valence electrons. The van der Waals surface area contributed by atoms with Crippen LogP contribution in [0.25, 0.3) is 11.6 Å². The molecule has 0 bridgehead atoms. The Bertz CT molecular complexity index is 1150. The third-order valence-corrected chi connectivity index (χ3v) is 6.75. The van der Waals surface area contributed by atoms with Crippen molar-refractivity contribution in [2.75, 3.05) is 4.72 Å². The fraction of sp³-hybridized carbons (Fsp3) is 0.368. The molecule has 2 aromatic heterocycles. The molecule has 0 saturated heterocycles. The van der Waals surface area contributed by atoms with Crippen LogP contribution in [0.1, 0.15) is 47.9 Å². The predicted molar refractivity (Wildman–Crippen MR) is 102 cm³/mol. The van der Waals surface area contributed by atoms with Gasteiger partial charge in [0, 0.05) is 17.2 Å². The molecule has 1 saturated carbocycles. The lowest BCUT2D eigenvalue weighted by molar-refractivity contribution is 0.338. The normalized spacial score (nSPS) is 14.9. The SMILES string of the molecule is Cc1ccc(NS(=O)(=O)c2c(C)[nH]c(-c3nnc(C4CCC4)o3)c2C)c(F)c1. The molecule has 0 spiro atoms. The van der Waals surface area contributed by atoms with E-state index in [9.17, 15) is 12.8 Å². The van der Waals surface area contributed by atoms with Gasteiger partial charge < -0.3 is 9.40 Å². The van der Waals surface area contributed by atoms with Gasteiger partial charge in [0.1, 0.15) is 16.4 Å². The van der Waals surface area contributed by atoms with E-state index >= 15 is 0 Å². The first kappa shape index (κ1) is 18.7. The number of aryl methyl sites for hydroxylation is 2. The number of nitrogens with one attached hydrogen (secondary N) is 2. The van der Waals surface area contributed by atoms with Crippen molar-refractivity contribution in [2.24, 2.45) is 0 Å². The van der Waals surface area contributed by atoms with Crippen molar-refractivity contribution in [3.63, 3.8) is 0 Å². The van der Waals surface area contributed by atoms with Crippen molar-refractivity contribution in [3.05, 3.63) is 46.7 Å². The first-order chi connectivity index (χ1) is 13.3. The third-order valence-electron chi connectivity index (χ3n) is 5.12. The van der Waals surface area contributed by atoms with Gasteiger partial charge in [-0.2, -0.15) is 0 Å². The number of hydrogen-bond donors (Lipinski definition) is 2. The van der Waals surface area contributed by atoms with Crippen LogP contribution < -0.4 is 4.72 Å². The van der Waals surface area contributed by atoms with Gasteiger partial charge in [-0.25, -0.2) is 12.8 Å². The highest BCUT2D eigenvalue weighted by atomic mass is 32.2. The summed E-state index contributed by atoms with van der Waals surface area (Å²) in [5.41, 5.74) is 1.92. The van der Waals surface area contributed by atoms with Crippen molar-refractivity contribution in [1.29, 1.82) is 0 Å². The van der Waals surface area contributed by atoms with Crippen molar-refractivity contribution in [2.45, 2.75) is 50.8 Å². The van der Waals surface area contributed by atoms with E-state index in [1.807, 2.05) is 0 Å². The summed E-state index contributed by atoms with van der Waals surface area (Å²) in [7, 11) is -4.01. The maximum Gasteiger partial charge on any atom is 0.264 e. The summed E-state index contributed by atoms with van der Waals surface area (Å²) in [6.45, 7) is 5.03. The molecule has 1 aliphatic carbocycles. The molecule has 4 rings (SSSR count). The monoisotopic (exact) mass is 404 g/mol. The zero-order valence-electron chi connectivity index (χ0n) is 15.8. The Hall–Kier alpha value is -2.68. The van der Waals surface area contributed by atoms with Crippen LogP contribution in [0.15, 0.2) is 27.5 Å². The zero-order chi connectivity index (χ0) is 20.1. The first-order valence-electron chi connectivity index (χ1n) is 9.08. The van der Waals surface area contributed by atoms with E-state index in [1.54, 1.807) is 26.8 Å². The lowest BCUT2D eigenvalue weighted by atomic mass is 9.85. The van der Waals surface area contributed by atoms with Crippen LogP contribution in [-0.4, -0.2) is 23.6 Å². The Balaban J connectivity index is 1.69. The molecule has 0 aliphatic heterocycles. The summed E-state index contributed by atoms with van der Waals surface area (Å²) >= 11 is 0. The number of sulfonamides is 1. The Morgan fingerprint density at radius 1 is 1.21 bits per heavy atom. The number of aromatic amines is 1. The molecule has 0 amide bonds. The highest BCUT2D eigenvalue weighted by molar-refractivity contribution is 7.92. The molecule has 3 aromatic rings. The summed E-state index contributed by atoms with van der Waals surface area (Å²) in [5.74, 6) is 0.492. The van der Waals surface area contributed by atoms with E-state index in [-0.39, 0.29) is 22.4 Å². The van der Waals surface area contributed by atoms with E-state index in [0.717, 1.165) is 19.3 Å². The van der Waals surface area contributed by atoms with Crippen LogP contribution in [0.4, 0.5) is 10.1 Å². The van der Waals surface area contributed by atoms with Crippen molar-refractivity contribution in [1.82, 2.24) is 15.2 Å². The van der Waals surface area contributed by atoms with Gasteiger partial charge in [0.15, 0.2) is 0 Å². The predicted octanol–water partition coefficient (Wildman–Crippen LogP) is 4.20. The molecule has 28 heavy (non-hydrogen) atoms. The van der Waals surface area contributed by atoms with E-state index < -0.39 is 15.8 Å². The first-order valence-corrected chi connectivity index (χ1v) is 10.6. The molecule has 1 aromatic carbocycles. The quantitative estimate of drug-likeness (QED) is 0.664. The van der Waals surface area contributed by atoms with Gasteiger partial charge >= 0.3 is 0 Å². The highest BCUT2D eigenvalue weighted by Gasteiger charge is 2.29. The third kappa shape index (κ3) is 3.19. The van der Waals surface area contributed by atoms with E-state index in [0.29, 0.717) is 28.4 Å². The second-order valence-corrected chi connectivity index (χ2v) is 8.86. The van der Waals surface area contributed by atoms with Crippen molar-refractivity contribution in [3.8, 4) is 11.6 Å². The molecule has 9 heteroatoms. The van der Waals surface area contributed by atoms with Crippen LogP contribution in [0.5, 0.6) is 0 Å². The number of nitrogens with zero attached hydrogens (tertiary/aromatic N) is 2. The van der Waals surface area contributed by atoms with Crippen LogP contribution in [0.2, 0.25) is 0 Å². The number of anilines is 1.